The molecule has 0 saturated heterocycles. The van der Waals surface area contributed by atoms with Crippen molar-refractivity contribution in [2.75, 3.05) is 11.5 Å². The molecule has 0 saturated carbocycles. The highest BCUT2D eigenvalue weighted by atomic mass is 16.8. The van der Waals surface area contributed by atoms with Crippen molar-refractivity contribution in [1.82, 2.24) is 5.16 Å². The summed E-state index contributed by atoms with van der Waals surface area (Å²) in [5.74, 6) is -1.37. The van der Waals surface area contributed by atoms with Gasteiger partial charge in [-0.1, -0.05) is 0 Å². The molecule has 0 atom stereocenters. The molecule has 0 radical (unpaired) electrons. The van der Waals surface area contributed by atoms with Crippen molar-refractivity contribution < 1.29 is 19.7 Å². The SMILES string of the molecule is Nc1c(O)c(O)c2c(no[n+]2[O-])c1N. The highest BCUT2D eigenvalue weighted by Gasteiger charge is 2.25. The molecule has 0 aliphatic heterocycles. The number of hydrogen-bond acceptors (Lipinski definition) is 7. The van der Waals surface area contributed by atoms with Gasteiger partial charge in [0.2, 0.25) is 5.75 Å². The highest BCUT2D eigenvalue weighted by Crippen LogP contribution is 2.41. The number of anilines is 2. The first-order chi connectivity index (χ1) is 6.54. The Morgan fingerprint density at radius 2 is 1.86 bits per heavy atom. The molecule has 2 aromatic rings. The van der Waals surface area contributed by atoms with E-state index in [-0.39, 0.29) is 27.3 Å². The van der Waals surface area contributed by atoms with E-state index in [9.17, 15) is 15.4 Å². The third-order valence-electron chi connectivity index (χ3n) is 1.86. The normalized spacial score (nSPS) is 10.9. The predicted molar refractivity (Wildman–Crippen MR) is 45.1 cm³/mol. The second kappa shape index (κ2) is 2.31. The van der Waals surface area contributed by atoms with E-state index in [4.69, 9.17) is 11.5 Å². The average molecular weight is 198 g/mol. The summed E-state index contributed by atoms with van der Waals surface area (Å²) in [5.41, 5.74) is 9.95. The lowest BCUT2D eigenvalue weighted by atomic mass is 10.2. The maximum Gasteiger partial charge on any atom is 0.277 e. The number of nitrogens with zero attached hydrogens (tertiary/aromatic N) is 2. The zero-order valence-corrected chi connectivity index (χ0v) is 6.76. The molecule has 0 aliphatic carbocycles. The van der Waals surface area contributed by atoms with Crippen LogP contribution in [0, 0.1) is 5.21 Å². The first kappa shape index (κ1) is 8.23. The first-order valence-corrected chi connectivity index (χ1v) is 3.52. The van der Waals surface area contributed by atoms with Crippen LogP contribution in [0.4, 0.5) is 11.4 Å². The Hall–Kier alpha value is -2.38. The summed E-state index contributed by atoms with van der Waals surface area (Å²) in [4.78, 5) is -0.0693. The summed E-state index contributed by atoms with van der Waals surface area (Å²) >= 11 is 0. The van der Waals surface area contributed by atoms with Crippen LogP contribution in [0.1, 0.15) is 0 Å². The number of nitrogen functional groups attached to an aromatic ring is 2. The van der Waals surface area contributed by atoms with Gasteiger partial charge in [0.15, 0.2) is 5.75 Å². The van der Waals surface area contributed by atoms with Crippen LogP contribution < -0.4 is 16.4 Å². The number of phenolic OH excluding ortho intramolecular Hbond substituents is 2. The van der Waals surface area contributed by atoms with Crippen LogP contribution in [0.25, 0.3) is 11.0 Å². The van der Waals surface area contributed by atoms with Crippen molar-refractivity contribution in [2.24, 2.45) is 0 Å². The van der Waals surface area contributed by atoms with Crippen LogP contribution in [0.15, 0.2) is 4.63 Å². The minimum atomic E-state index is -0.706. The van der Waals surface area contributed by atoms with Crippen molar-refractivity contribution in [1.29, 1.82) is 0 Å². The maximum absolute atomic E-state index is 10.9. The molecule has 0 spiro atoms. The van der Waals surface area contributed by atoms with Gasteiger partial charge in [0.05, 0.1) is 0 Å². The first-order valence-electron chi connectivity index (χ1n) is 3.52. The zero-order valence-electron chi connectivity index (χ0n) is 6.76. The van der Waals surface area contributed by atoms with Gasteiger partial charge in [0.25, 0.3) is 11.0 Å². The lowest BCUT2D eigenvalue weighted by Crippen LogP contribution is -2.22. The summed E-state index contributed by atoms with van der Waals surface area (Å²) in [6, 6.07) is 0. The number of rotatable bonds is 0. The Balaban J connectivity index is 3.05. The van der Waals surface area contributed by atoms with Crippen LogP contribution in [-0.4, -0.2) is 15.4 Å². The van der Waals surface area contributed by atoms with Crippen molar-refractivity contribution in [2.45, 2.75) is 0 Å². The third-order valence-corrected chi connectivity index (χ3v) is 1.86. The molecule has 1 aromatic heterocycles. The number of benzene rings is 1. The van der Waals surface area contributed by atoms with Crippen molar-refractivity contribution >= 4 is 22.4 Å². The Kier molecular flexibility index (Phi) is 1.36. The molecule has 0 aliphatic rings. The van der Waals surface area contributed by atoms with Crippen molar-refractivity contribution in [3.63, 3.8) is 0 Å². The molecular formula is C6H6N4O4. The molecule has 2 rings (SSSR count). The second-order valence-corrected chi connectivity index (χ2v) is 2.65. The summed E-state index contributed by atoms with van der Waals surface area (Å²) in [7, 11) is 0. The van der Waals surface area contributed by atoms with E-state index in [2.05, 4.69) is 9.79 Å². The van der Waals surface area contributed by atoms with Crippen molar-refractivity contribution in [3.05, 3.63) is 5.21 Å². The van der Waals surface area contributed by atoms with Gasteiger partial charge < -0.3 is 26.9 Å². The van der Waals surface area contributed by atoms with Crippen LogP contribution >= 0.6 is 0 Å². The number of aromatic hydroxyl groups is 2. The molecule has 0 unspecified atom stereocenters. The minimum Gasteiger partial charge on any atom is -0.503 e. The Morgan fingerprint density at radius 3 is 2.50 bits per heavy atom. The topological polar surface area (TPSA) is 145 Å². The lowest BCUT2D eigenvalue weighted by molar-refractivity contribution is -0.782. The predicted octanol–water partition coefficient (Wildman–Crippen LogP) is -0.963. The smallest absolute Gasteiger partial charge is 0.277 e. The largest absolute Gasteiger partial charge is 0.503 e. The molecule has 8 heteroatoms. The monoisotopic (exact) mass is 198 g/mol. The van der Waals surface area contributed by atoms with Gasteiger partial charge in [-0.2, -0.15) is 0 Å². The Bertz CT molecular complexity index is 520. The molecule has 0 fully saturated rings. The van der Waals surface area contributed by atoms with E-state index in [1.807, 2.05) is 0 Å². The fourth-order valence-corrected chi connectivity index (χ4v) is 1.12. The minimum absolute atomic E-state index is 0.0693. The standard InChI is InChI=1S/C6H6N4O4/c7-1-2(8)5(11)6(12)4-3(1)9-14-10(4)13/h11-12H,7-8H2. The van der Waals surface area contributed by atoms with E-state index < -0.39 is 11.5 Å². The second-order valence-electron chi connectivity index (χ2n) is 2.65. The number of hydrogen-bond donors (Lipinski definition) is 4. The van der Waals surface area contributed by atoms with Gasteiger partial charge in [0, 0.05) is 5.16 Å². The molecule has 74 valence electrons. The lowest BCUT2D eigenvalue weighted by Gasteiger charge is -2.02. The molecule has 14 heavy (non-hydrogen) atoms. The third kappa shape index (κ3) is 0.762. The van der Waals surface area contributed by atoms with E-state index in [0.29, 0.717) is 0 Å². The van der Waals surface area contributed by atoms with Crippen molar-refractivity contribution in [3.8, 4) is 11.5 Å². The molecule has 6 N–H and O–H groups in total. The summed E-state index contributed by atoms with van der Waals surface area (Å²) in [6.07, 6.45) is 0. The quantitative estimate of drug-likeness (QED) is 0.184. The van der Waals surface area contributed by atoms with Crippen LogP contribution in [-0.2, 0) is 0 Å². The van der Waals surface area contributed by atoms with Gasteiger partial charge in [-0.15, -0.1) is 0 Å². The summed E-state index contributed by atoms with van der Waals surface area (Å²) < 4.78 is 4.19. The number of phenols is 2. The molecule has 0 bridgehead atoms. The zero-order chi connectivity index (χ0) is 10.5. The van der Waals surface area contributed by atoms with Crippen LogP contribution in [0.5, 0.6) is 11.5 Å². The molecule has 8 nitrogen and oxygen atoms in total. The fourth-order valence-electron chi connectivity index (χ4n) is 1.12. The van der Waals surface area contributed by atoms with E-state index in [1.54, 1.807) is 0 Å². The van der Waals surface area contributed by atoms with Crippen LogP contribution in [0.3, 0.4) is 0 Å². The Morgan fingerprint density at radius 1 is 1.21 bits per heavy atom. The summed E-state index contributed by atoms with van der Waals surface area (Å²) in [5, 5.41) is 32.8. The highest BCUT2D eigenvalue weighted by molar-refractivity contribution is 5.99. The average Bonchev–Trinajstić information content (AvgIpc) is 2.54. The molecule has 1 aromatic carbocycles. The van der Waals surface area contributed by atoms with Gasteiger partial charge in [-0.3, -0.25) is 4.63 Å². The van der Waals surface area contributed by atoms with Gasteiger partial charge >= 0.3 is 0 Å². The van der Waals surface area contributed by atoms with Gasteiger partial charge in [-0.25, -0.2) is 0 Å². The maximum atomic E-state index is 10.9. The van der Waals surface area contributed by atoms with E-state index in [1.165, 1.54) is 0 Å². The number of nitrogens with two attached hydrogens (primary N) is 2. The number of aromatic nitrogens is 2. The summed E-state index contributed by atoms with van der Waals surface area (Å²) in [6.45, 7) is 0. The fraction of sp³-hybridized carbons (Fsp3) is 0. The molecule has 0 amide bonds. The number of fused-ring (bicyclic) bond motifs is 1. The molecular weight excluding hydrogens is 192 g/mol. The Labute approximate surface area is 76.5 Å². The van der Waals surface area contributed by atoms with Gasteiger partial charge in [-0.05, 0) is 4.90 Å². The van der Waals surface area contributed by atoms with E-state index in [0.717, 1.165) is 0 Å². The van der Waals surface area contributed by atoms with Gasteiger partial charge in [0.1, 0.15) is 11.4 Å². The van der Waals surface area contributed by atoms with Crippen LogP contribution in [0.2, 0.25) is 0 Å². The van der Waals surface area contributed by atoms with E-state index >= 15 is 0 Å². The molecule has 1 heterocycles.